The molecule has 1 N–H and O–H groups in total. The van der Waals surface area contributed by atoms with E-state index >= 15 is 0 Å². The van der Waals surface area contributed by atoms with Crippen molar-refractivity contribution < 1.29 is 28.9 Å². The van der Waals surface area contributed by atoms with Gasteiger partial charge in [0.25, 0.3) is 0 Å². The second-order valence-corrected chi connectivity index (χ2v) is 7.97. The molecule has 7 heteroatoms. The lowest BCUT2D eigenvalue weighted by Gasteiger charge is -2.25. The molecule has 0 radical (unpaired) electrons. The Morgan fingerprint density at radius 2 is 1.52 bits per heavy atom. The number of esters is 1. The number of benzene rings is 2. The molecule has 0 spiro atoms. The second-order valence-electron chi connectivity index (χ2n) is 7.66. The standard InChI is InChI=1S/C26H31ClO6/c1-19(28)23(15-27)24(30)13-14-25(32-17-22-11-7-4-8-12-22)26(33-20(2)29)18-31-16-21-9-5-3-6-10-21/h3-14,23-26,30H,15-18H2,1-2H3/b14-13+/t23?,24?,25-,26-/m0/s1. The number of ketones is 1. The molecule has 6 nitrogen and oxygen atoms in total. The highest BCUT2D eigenvalue weighted by atomic mass is 35.5. The first-order valence-electron chi connectivity index (χ1n) is 10.8. The fourth-order valence-electron chi connectivity index (χ4n) is 3.13. The molecule has 0 fully saturated rings. The minimum absolute atomic E-state index is 0.00998. The third-order valence-electron chi connectivity index (χ3n) is 4.96. The van der Waals surface area contributed by atoms with Gasteiger partial charge in [0.15, 0.2) is 6.10 Å². The van der Waals surface area contributed by atoms with Gasteiger partial charge in [0.05, 0.1) is 31.8 Å². The predicted octanol–water partition coefficient (Wildman–Crippen LogP) is 4.08. The van der Waals surface area contributed by atoms with Crippen LogP contribution in [-0.2, 0) is 37.0 Å². The van der Waals surface area contributed by atoms with Crippen LogP contribution in [-0.4, -0.2) is 47.7 Å². The smallest absolute Gasteiger partial charge is 0.303 e. The Labute approximate surface area is 200 Å². The Morgan fingerprint density at radius 1 is 0.939 bits per heavy atom. The van der Waals surface area contributed by atoms with Gasteiger partial charge in [-0.3, -0.25) is 9.59 Å². The summed E-state index contributed by atoms with van der Waals surface area (Å²) in [5.41, 5.74) is 1.92. The van der Waals surface area contributed by atoms with E-state index in [2.05, 4.69) is 0 Å². The zero-order chi connectivity index (χ0) is 24.1. The summed E-state index contributed by atoms with van der Waals surface area (Å²) in [5, 5.41) is 10.4. The normalized spacial score (nSPS) is 15.0. The van der Waals surface area contributed by atoms with Gasteiger partial charge in [0.2, 0.25) is 0 Å². The van der Waals surface area contributed by atoms with Gasteiger partial charge in [-0.25, -0.2) is 0 Å². The van der Waals surface area contributed by atoms with Gasteiger partial charge in [-0.2, -0.15) is 0 Å². The zero-order valence-corrected chi connectivity index (χ0v) is 19.7. The molecule has 2 unspecified atom stereocenters. The van der Waals surface area contributed by atoms with Crippen molar-refractivity contribution in [3.63, 3.8) is 0 Å². The molecular weight excluding hydrogens is 444 g/mol. The van der Waals surface area contributed by atoms with Crippen molar-refractivity contribution in [2.45, 2.75) is 45.4 Å². The first-order chi connectivity index (χ1) is 15.9. The molecular formula is C26H31ClO6. The van der Waals surface area contributed by atoms with Gasteiger partial charge >= 0.3 is 5.97 Å². The maximum Gasteiger partial charge on any atom is 0.303 e. The molecule has 0 saturated heterocycles. The minimum Gasteiger partial charge on any atom is -0.457 e. The molecule has 0 aliphatic rings. The third kappa shape index (κ3) is 9.88. The number of hydrogen-bond acceptors (Lipinski definition) is 6. The Balaban J connectivity index is 2.16. The highest BCUT2D eigenvalue weighted by molar-refractivity contribution is 6.19. The minimum atomic E-state index is -1.09. The van der Waals surface area contributed by atoms with E-state index in [1.54, 1.807) is 6.08 Å². The quantitative estimate of drug-likeness (QED) is 0.252. The van der Waals surface area contributed by atoms with Gasteiger partial charge in [-0.15, -0.1) is 11.6 Å². The Morgan fingerprint density at radius 3 is 2.03 bits per heavy atom. The molecule has 0 bridgehead atoms. The van der Waals surface area contributed by atoms with Crippen LogP contribution in [0.15, 0.2) is 72.8 Å². The van der Waals surface area contributed by atoms with E-state index in [9.17, 15) is 14.7 Å². The van der Waals surface area contributed by atoms with Crippen molar-refractivity contribution in [2.24, 2.45) is 5.92 Å². The van der Waals surface area contributed by atoms with Crippen molar-refractivity contribution in [2.75, 3.05) is 12.5 Å². The van der Waals surface area contributed by atoms with Crippen molar-refractivity contribution in [1.82, 2.24) is 0 Å². The van der Waals surface area contributed by atoms with Crippen LogP contribution in [0.1, 0.15) is 25.0 Å². The van der Waals surface area contributed by atoms with E-state index in [1.165, 1.54) is 19.9 Å². The second kappa shape index (κ2) is 14.6. The van der Waals surface area contributed by atoms with Crippen LogP contribution in [0.5, 0.6) is 0 Å². The molecule has 0 heterocycles. The first-order valence-corrected chi connectivity index (χ1v) is 11.3. The largest absolute Gasteiger partial charge is 0.457 e. The van der Waals surface area contributed by atoms with Gasteiger partial charge in [-0.1, -0.05) is 72.8 Å². The molecule has 2 aromatic rings. The van der Waals surface area contributed by atoms with Crippen molar-refractivity contribution in [3.05, 3.63) is 83.9 Å². The summed E-state index contributed by atoms with van der Waals surface area (Å²) in [5.74, 6) is -1.44. The molecule has 33 heavy (non-hydrogen) atoms. The van der Waals surface area contributed by atoms with Gasteiger partial charge in [0.1, 0.15) is 11.9 Å². The van der Waals surface area contributed by atoms with E-state index in [0.29, 0.717) is 6.61 Å². The van der Waals surface area contributed by atoms with Crippen LogP contribution >= 0.6 is 11.6 Å². The fourth-order valence-corrected chi connectivity index (χ4v) is 3.53. The number of alkyl halides is 1. The van der Waals surface area contributed by atoms with E-state index < -0.39 is 30.2 Å². The molecule has 2 rings (SSSR count). The summed E-state index contributed by atoms with van der Waals surface area (Å²) < 4.78 is 17.3. The number of aliphatic hydroxyl groups is 1. The van der Waals surface area contributed by atoms with Crippen LogP contribution in [0, 0.1) is 5.92 Å². The van der Waals surface area contributed by atoms with E-state index in [-0.39, 0.29) is 24.9 Å². The zero-order valence-electron chi connectivity index (χ0n) is 18.9. The lowest BCUT2D eigenvalue weighted by Crippen LogP contribution is -2.36. The summed E-state index contributed by atoms with van der Waals surface area (Å²) >= 11 is 5.84. The first kappa shape index (κ1) is 26.7. The number of aliphatic hydroxyl groups excluding tert-OH is 1. The van der Waals surface area contributed by atoms with E-state index in [1.807, 2.05) is 60.7 Å². The number of carbonyl (C=O) groups is 2. The van der Waals surface area contributed by atoms with Gasteiger partial charge in [-0.05, 0) is 18.1 Å². The molecule has 0 amide bonds. The Kier molecular flexibility index (Phi) is 11.8. The number of hydrogen-bond donors (Lipinski definition) is 1. The van der Waals surface area contributed by atoms with Gasteiger partial charge < -0.3 is 19.3 Å². The number of Topliss-reactive ketones (excluding diaryl/α,β-unsaturated/α-hetero) is 1. The average molecular weight is 475 g/mol. The molecule has 178 valence electrons. The van der Waals surface area contributed by atoms with Crippen LogP contribution < -0.4 is 0 Å². The van der Waals surface area contributed by atoms with Crippen LogP contribution in [0.3, 0.4) is 0 Å². The highest BCUT2D eigenvalue weighted by Crippen LogP contribution is 2.16. The molecule has 0 aromatic heterocycles. The van der Waals surface area contributed by atoms with Crippen molar-refractivity contribution in [1.29, 1.82) is 0 Å². The van der Waals surface area contributed by atoms with Crippen LogP contribution in [0.2, 0.25) is 0 Å². The number of halogens is 1. The number of rotatable bonds is 14. The lowest BCUT2D eigenvalue weighted by molar-refractivity contribution is -0.158. The van der Waals surface area contributed by atoms with Crippen LogP contribution in [0.25, 0.3) is 0 Å². The maximum absolute atomic E-state index is 11.8. The molecule has 0 aliphatic carbocycles. The number of ether oxygens (including phenoxy) is 3. The summed E-state index contributed by atoms with van der Waals surface area (Å²) in [6.07, 6.45) is 0.478. The monoisotopic (exact) mass is 474 g/mol. The summed E-state index contributed by atoms with van der Waals surface area (Å²) in [7, 11) is 0. The van der Waals surface area contributed by atoms with Crippen LogP contribution in [0.4, 0.5) is 0 Å². The molecule has 4 atom stereocenters. The Hall–Kier alpha value is -2.51. The van der Waals surface area contributed by atoms with Gasteiger partial charge in [0, 0.05) is 12.8 Å². The summed E-state index contributed by atoms with van der Waals surface area (Å²) in [6.45, 7) is 3.38. The third-order valence-corrected chi connectivity index (χ3v) is 5.29. The van der Waals surface area contributed by atoms with Crippen molar-refractivity contribution in [3.8, 4) is 0 Å². The maximum atomic E-state index is 11.8. The topological polar surface area (TPSA) is 82.1 Å². The Bertz CT molecular complexity index is 871. The van der Waals surface area contributed by atoms with E-state index in [0.717, 1.165) is 11.1 Å². The molecule has 0 aliphatic heterocycles. The summed E-state index contributed by atoms with van der Waals surface area (Å²) in [4.78, 5) is 23.5. The molecule has 0 saturated carbocycles. The fraction of sp³-hybridized carbons (Fsp3) is 0.385. The SMILES string of the molecule is CC(=O)O[C@@H](COCc1ccccc1)[C@H](/C=C/C(O)C(CCl)C(C)=O)OCc1ccccc1. The van der Waals surface area contributed by atoms with Crippen molar-refractivity contribution >= 4 is 23.4 Å². The molecule has 2 aromatic carbocycles. The predicted molar refractivity (Wildman–Crippen MR) is 127 cm³/mol. The number of carbonyl (C=O) groups excluding carboxylic acids is 2. The average Bonchev–Trinajstić information content (AvgIpc) is 2.80. The van der Waals surface area contributed by atoms with E-state index in [4.69, 9.17) is 25.8 Å². The highest BCUT2D eigenvalue weighted by Gasteiger charge is 2.26. The lowest BCUT2D eigenvalue weighted by atomic mass is 9.99. The summed E-state index contributed by atoms with van der Waals surface area (Å²) in [6, 6.07) is 19.2.